The van der Waals surface area contributed by atoms with Crippen molar-refractivity contribution in [3.8, 4) is 45.1 Å². The van der Waals surface area contributed by atoms with Crippen molar-refractivity contribution in [2.24, 2.45) is 0 Å². The van der Waals surface area contributed by atoms with E-state index in [-0.39, 0.29) is 17.3 Å². The normalized spacial score (nSPS) is 11.9. The van der Waals surface area contributed by atoms with Gasteiger partial charge in [-0.15, -0.1) is 0 Å². The number of benzene rings is 3. The van der Waals surface area contributed by atoms with Crippen LogP contribution in [-0.2, 0) is 6.42 Å². The monoisotopic (exact) mass is 369 g/mol. The number of pyridine rings is 1. The highest BCUT2D eigenvalue weighted by Crippen LogP contribution is 2.47. The summed E-state index contributed by atoms with van der Waals surface area (Å²) in [6.07, 6.45) is 0.624. The molecule has 4 heteroatoms. The van der Waals surface area contributed by atoms with Gasteiger partial charge in [0, 0.05) is 23.1 Å². The topological polar surface area (TPSA) is 53.4 Å². The lowest BCUT2D eigenvalue weighted by molar-refractivity contribution is 0.476. The fraction of sp³-hybridized carbons (Fsp3) is 0.0417. The molecule has 0 amide bonds. The number of phenolic OH excluding ortho intramolecular Hbond substituents is 2. The Hall–Kier alpha value is -3.66. The summed E-state index contributed by atoms with van der Waals surface area (Å²) in [6.45, 7) is 0. The van der Waals surface area contributed by atoms with Crippen molar-refractivity contribution in [1.82, 2.24) is 4.98 Å². The molecule has 1 aliphatic rings. The minimum absolute atomic E-state index is 0.182. The van der Waals surface area contributed by atoms with E-state index in [1.807, 2.05) is 30.3 Å². The molecule has 1 aromatic heterocycles. The summed E-state index contributed by atoms with van der Waals surface area (Å²) in [5.74, 6) is 0.0539. The Kier molecular flexibility index (Phi) is 3.66. The molecule has 2 N–H and O–H groups in total. The summed E-state index contributed by atoms with van der Waals surface area (Å²) < 4.78 is 13.4. The highest BCUT2D eigenvalue weighted by atomic mass is 19.1. The van der Waals surface area contributed by atoms with Gasteiger partial charge in [0.1, 0.15) is 17.3 Å². The van der Waals surface area contributed by atoms with Gasteiger partial charge in [0.15, 0.2) is 0 Å². The van der Waals surface area contributed by atoms with E-state index in [2.05, 4.69) is 0 Å². The Labute approximate surface area is 161 Å². The molecule has 0 saturated heterocycles. The number of hydrogen-bond acceptors (Lipinski definition) is 3. The zero-order chi connectivity index (χ0) is 19.3. The SMILES string of the molecule is Oc1ccccc1-c1cc(-c2ccc(F)cc2)nc2c1Cc1cccc(O)c1-2. The van der Waals surface area contributed by atoms with Crippen LogP contribution in [0.15, 0.2) is 72.8 Å². The van der Waals surface area contributed by atoms with Gasteiger partial charge in [-0.1, -0.05) is 30.3 Å². The van der Waals surface area contributed by atoms with Gasteiger partial charge in [0.05, 0.1) is 11.4 Å². The lowest BCUT2D eigenvalue weighted by Crippen LogP contribution is -1.95. The first-order chi connectivity index (χ1) is 13.6. The lowest BCUT2D eigenvalue weighted by Gasteiger charge is -2.13. The Morgan fingerprint density at radius 1 is 0.786 bits per heavy atom. The van der Waals surface area contributed by atoms with E-state index in [4.69, 9.17) is 4.98 Å². The van der Waals surface area contributed by atoms with Gasteiger partial charge in [0.2, 0.25) is 0 Å². The smallest absolute Gasteiger partial charge is 0.125 e. The Morgan fingerprint density at radius 2 is 1.54 bits per heavy atom. The molecule has 3 aromatic carbocycles. The highest BCUT2D eigenvalue weighted by molar-refractivity contribution is 5.89. The zero-order valence-electron chi connectivity index (χ0n) is 14.9. The Balaban J connectivity index is 1.82. The van der Waals surface area contributed by atoms with Crippen molar-refractivity contribution in [3.05, 3.63) is 89.7 Å². The molecule has 0 bridgehead atoms. The standard InChI is InChI=1S/C24H16FNO2/c25-16-10-8-14(9-11-16)20-13-18(17-5-1-2-6-21(17)27)19-12-15-4-3-7-22(28)23(15)24(19)26-20/h1-11,13,27-28H,12H2. The second-order valence-corrected chi connectivity index (χ2v) is 6.89. The van der Waals surface area contributed by atoms with Crippen molar-refractivity contribution in [2.75, 3.05) is 0 Å². The van der Waals surface area contributed by atoms with Crippen LogP contribution in [0, 0.1) is 5.82 Å². The molecular weight excluding hydrogens is 353 g/mol. The number of phenols is 2. The van der Waals surface area contributed by atoms with Crippen LogP contribution in [0.25, 0.3) is 33.6 Å². The van der Waals surface area contributed by atoms with Crippen molar-refractivity contribution >= 4 is 0 Å². The van der Waals surface area contributed by atoms with E-state index in [9.17, 15) is 14.6 Å². The first-order valence-corrected chi connectivity index (χ1v) is 9.01. The molecule has 136 valence electrons. The quantitative estimate of drug-likeness (QED) is 0.430. The zero-order valence-corrected chi connectivity index (χ0v) is 14.9. The van der Waals surface area contributed by atoms with Crippen molar-refractivity contribution in [3.63, 3.8) is 0 Å². The molecule has 0 spiro atoms. The molecule has 3 nitrogen and oxygen atoms in total. The van der Waals surface area contributed by atoms with Gasteiger partial charge >= 0.3 is 0 Å². The van der Waals surface area contributed by atoms with E-state index in [0.29, 0.717) is 23.4 Å². The van der Waals surface area contributed by atoms with Crippen molar-refractivity contribution in [1.29, 1.82) is 0 Å². The van der Waals surface area contributed by atoms with Gasteiger partial charge in [-0.05, 0) is 59.2 Å². The number of halogens is 1. The number of para-hydroxylation sites is 1. The van der Waals surface area contributed by atoms with Crippen LogP contribution >= 0.6 is 0 Å². The maximum Gasteiger partial charge on any atom is 0.125 e. The van der Waals surface area contributed by atoms with E-state index in [1.54, 1.807) is 30.3 Å². The molecular formula is C24H16FNO2. The molecule has 0 atom stereocenters. The minimum Gasteiger partial charge on any atom is -0.507 e. The predicted octanol–water partition coefficient (Wildman–Crippen LogP) is 5.54. The van der Waals surface area contributed by atoms with Crippen LogP contribution in [0.1, 0.15) is 11.1 Å². The van der Waals surface area contributed by atoms with Gasteiger partial charge in [0.25, 0.3) is 0 Å². The molecule has 0 fully saturated rings. The maximum absolute atomic E-state index is 13.4. The molecule has 4 aromatic rings. The lowest BCUT2D eigenvalue weighted by atomic mass is 9.95. The van der Waals surface area contributed by atoms with E-state index in [0.717, 1.165) is 27.8 Å². The molecule has 5 rings (SSSR count). The summed E-state index contributed by atoms with van der Waals surface area (Å²) in [4.78, 5) is 4.81. The number of rotatable bonds is 2. The Morgan fingerprint density at radius 3 is 2.32 bits per heavy atom. The molecule has 1 heterocycles. The number of nitrogens with zero attached hydrogens (tertiary/aromatic N) is 1. The first kappa shape index (κ1) is 16.5. The van der Waals surface area contributed by atoms with Gasteiger partial charge < -0.3 is 10.2 Å². The molecule has 28 heavy (non-hydrogen) atoms. The predicted molar refractivity (Wildman–Crippen MR) is 107 cm³/mol. The summed E-state index contributed by atoms with van der Waals surface area (Å²) in [7, 11) is 0. The summed E-state index contributed by atoms with van der Waals surface area (Å²) in [6, 6.07) is 20.7. The highest BCUT2D eigenvalue weighted by Gasteiger charge is 2.27. The van der Waals surface area contributed by atoms with Gasteiger partial charge in [-0.25, -0.2) is 9.37 Å². The summed E-state index contributed by atoms with van der Waals surface area (Å²) in [5.41, 5.74) is 6.37. The van der Waals surface area contributed by atoms with E-state index < -0.39 is 0 Å². The molecule has 0 unspecified atom stereocenters. The number of aromatic nitrogens is 1. The number of hydrogen-bond donors (Lipinski definition) is 2. The third-order valence-electron chi connectivity index (χ3n) is 5.19. The van der Waals surface area contributed by atoms with Gasteiger partial charge in [-0.3, -0.25) is 0 Å². The van der Waals surface area contributed by atoms with Crippen molar-refractivity contribution in [2.45, 2.75) is 6.42 Å². The molecule has 0 aliphatic heterocycles. The van der Waals surface area contributed by atoms with Crippen LogP contribution in [0.3, 0.4) is 0 Å². The second-order valence-electron chi connectivity index (χ2n) is 6.89. The molecule has 0 saturated carbocycles. The van der Waals surface area contributed by atoms with E-state index in [1.165, 1.54) is 12.1 Å². The van der Waals surface area contributed by atoms with Gasteiger partial charge in [-0.2, -0.15) is 0 Å². The van der Waals surface area contributed by atoms with Crippen LogP contribution in [0.4, 0.5) is 4.39 Å². The third kappa shape index (κ3) is 2.54. The third-order valence-corrected chi connectivity index (χ3v) is 5.19. The van der Waals surface area contributed by atoms with Crippen LogP contribution < -0.4 is 0 Å². The average Bonchev–Trinajstić information content (AvgIpc) is 3.08. The molecule has 0 radical (unpaired) electrons. The average molecular weight is 369 g/mol. The maximum atomic E-state index is 13.4. The summed E-state index contributed by atoms with van der Waals surface area (Å²) >= 11 is 0. The van der Waals surface area contributed by atoms with E-state index >= 15 is 0 Å². The first-order valence-electron chi connectivity index (χ1n) is 9.01. The van der Waals surface area contributed by atoms with Crippen LogP contribution in [0.5, 0.6) is 11.5 Å². The number of fused-ring (bicyclic) bond motifs is 3. The van der Waals surface area contributed by atoms with Crippen LogP contribution in [-0.4, -0.2) is 15.2 Å². The largest absolute Gasteiger partial charge is 0.507 e. The number of aromatic hydroxyl groups is 2. The van der Waals surface area contributed by atoms with Crippen LogP contribution in [0.2, 0.25) is 0 Å². The Bertz CT molecular complexity index is 1220. The van der Waals surface area contributed by atoms with Crippen molar-refractivity contribution < 1.29 is 14.6 Å². The fourth-order valence-corrected chi connectivity index (χ4v) is 3.87. The fourth-order valence-electron chi connectivity index (χ4n) is 3.87. The summed E-state index contributed by atoms with van der Waals surface area (Å²) in [5, 5.41) is 20.9. The molecule has 1 aliphatic carbocycles. The second kappa shape index (κ2) is 6.20. The minimum atomic E-state index is -0.311.